The fraction of sp³-hybridized carbons (Fsp3) is 0.125. The molecule has 0 atom stereocenters. The van der Waals surface area contributed by atoms with Crippen LogP contribution in [0.25, 0.3) is 0 Å². The Labute approximate surface area is 77.9 Å². The first kappa shape index (κ1) is 10.2. The van der Waals surface area contributed by atoms with Crippen molar-refractivity contribution in [3.05, 3.63) is 23.3 Å². The van der Waals surface area contributed by atoms with Crippen molar-refractivity contribution in [3.63, 3.8) is 0 Å². The second-order valence-electron chi connectivity index (χ2n) is 2.47. The predicted octanol–water partition coefficient (Wildman–Crippen LogP) is 1.25. The number of nitrogens with two attached hydrogens (primary N) is 1. The number of aromatic carboxylic acids is 1. The summed E-state index contributed by atoms with van der Waals surface area (Å²) >= 11 is 0. The molecule has 4 nitrogen and oxygen atoms in total. The third-order valence-electron chi connectivity index (χ3n) is 1.65. The fourth-order valence-electron chi connectivity index (χ4n) is 0.975. The number of hydrogen-bond donors (Lipinski definition) is 2. The topological polar surface area (TPSA) is 72.5 Å². The summed E-state index contributed by atoms with van der Waals surface area (Å²) in [6.07, 6.45) is 0. The third-order valence-corrected chi connectivity index (χ3v) is 1.65. The van der Waals surface area contributed by atoms with Gasteiger partial charge in [0.1, 0.15) is 5.56 Å². The summed E-state index contributed by atoms with van der Waals surface area (Å²) in [5.74, 6) is -4.34. The first-order valence-corrected chi connectivity index (χ1v) is 3.53. The van der Waals surface area contributed by atoms with Crippen LogP contribution in [0.5, 0.6) is 5.75 Å². The van der Waals surface area contributed by atoms with Crippen molar-refractivity contribution in [2.75, 3.05) is 12.8 Å². The Balaban J connectivity index is 3.53. The van der Waals surface area contributed by atoms with Gasteiger partial charge in [-0.05, 0) is 0 Å². The van der Waals surface area contributed by atoms with Gasteiger partial charge in [0, 0.05) is 6.07 Å². The summed E-state index contributed by atoms with van der Waals surface area (Å²) in [7, 11) is 1.10. The number of anilines is 1. The largest absolute Gasteiger partial charge is 0.494 e. The summed E-state index contributed by atoms with van der Waals surface area (Å²) in [4.78, 5) is 10.5. The van der Waals surface area contributed by atoms with Crippen LogP contribution in [0, 0.1) is 11.6 Å². The molecule has 1 aromatic rings. The highest BCUT2D eigenvalue weighted by Crippen LogP contribution is 2.28. The standard InChI is InChI=1S/C8H7F2NO3/c1-14-4-2-3(9)7(11)5(6(4)10)8(12)13/h2H,11H2,1H3,(H,12,13). The lowest BCUT2D eigenvalue weighted by Gasteiger charge is -2.07. The van der Waals surface area contributed by atoms with E-state index >= 15 is 0 Å². The average Bonchev–Trinajstić information content (AvgIpc) is 2.11. The molecule has 0 radical (unpaired) electrons. The van der Waals surface area contributed by atoms with E-state index in [4.69, 9.17) is 10.8 Å². The van der Waals surface area contributed by atoms with Crippen LogP contribution in [0.3, 0.4) is 0 Å². The molecular weight excluding hydrogens is 196 g/mol. The molecule has 0 bridgehead atoms. The molecule has 76 valence electrons. The van der Waals surface area contributed by atoms with Crippen molar-refractivity contribution in [1.29, 1.82) is 0 Å². The molecular formula is C8H7F2NO3. The van der Waals surface area contributed by atoms with Gasteiger partial charge in [0.2, 0.25) is 0 Å². The number of benzene rings is 1. The van der Waals surface area contributed by atoms with Crippen LogP contribution in [0.1, 0.15) is 10.4 Å². The number of halogens is 2. The lowest BCUT2D eigenvalue weighted by molar-refractivity contribution is 0.0691. The van der Waals surface area contributed by atoms with E-state index in [1.54, 1.807) is 0 Å². The van der Waals surface area contributed by atoms with E-state index in [-0.39, 0.29) is 0 Å². The van der Waals surface area contributed by atoms with Crippen LogP contribution < -0.4 is 10.5 Å². The summed E-state index contributed by atoms with van der Waals surface area (Å²) in [5.41, 5.74) is 3.40. The normalized spacial score (nSPS) is 9.93. The van der Waals surface area contributed by atoms with Crippen molar-refractivity contribution in [1.82, 2.24) is 0 Å². The Kier molecular flexibility index (Phi) is 2.55. The molecule has 0 aliphatic rings. The van der Waals surface area contributed by atoms with Gasteiger partial charge in [0.25, 0.3) is 0 Å². The van der Waals surface area contributed by atoms with Gasteiger partial charge in [-0.1, -0.05) is 0 Å². The maximum Gasteiger partial charge on any atom is 0.341 e. The highest BCUT2D eigenvalue weighted by atomic mass is 19.1. The molecule has 0 spiro atoms. The van der Waals surface area contributed by atoms with E-state index in [1.807, 2.05) is 0 Å². The van der Waals surface area contributed by atoms with Gasteiger partial charge in [-0.2, -0.15) is 0 Å². The van der Waals surface area contributed by atoms with Gasteiger partial charge in [0.05, 0.1) is 12.8 Å². The van der Waals surface area contributed by atoms with Gasteiger partial charge >= 0.3 is 5.97 Å². The second-order valence-corrected chi connectivity index (χ2v) is 2.47. The zero-order chi connectivity index (χ0) is 10.9. The molecule has 0 saturated carbocycles. The highest BCUT2D eigenvalue weighted by Gasteiger charge is 2.22. The molecule has 0 aliphatic heterocycles. The summed E-state index contributed by atoms with van der Waals surface area (Å²) in [5, 5.41) is 8.55. The van der Waals surface area contributed by atoms with Crippen LogP contribution in [-0.4, -0.2) is 18.2 Å². The van der Waals surface area contributed by atoms with Crippen LogP contribution in [0.2, 0.25) is 0 Å². The van der Waals surface area contributed by atoms with Crippen molar-refractivity contribution in [3.8, 4) is 5.75 Å². The number of ether oxygens (including phenoxy) is 1. The van der Waals surface area contributed by atoms with Gasteiger partial charge in [0.15, 0.2) is 17.4 Å². The van der Waals surface area contributed by atoms with Gasteiger partial charge in [-0.25, -0.2) is 13.6 Å². The number of methoxy groups -OCH3 is 1. The zero-order valence-corrected chi connectivity index (χ0v) is 7.17. The summed E-state index contributed by atoms with van der Waals surface area (Å²) < 4.78 is 30.6. The molecule has 0 heterocycles. The number of hydrogen-bond acceptors (Lipinski definition) is 3. The lowest BCUT2D eigenvalue weighted by atomic mass is 10.1. The maximum atomic E-state index is 13.2. The second kappa shape index (κ2) is 3.49. The van der Waals surface area contributed by atoms with Crippen molar-refractivity contribution in [2.24, 2.45) is 0 Å². The maximum absolute atomic E-state index is 13.2. The van der Waals surface area contributed by atoms with E-state index in [9.17, 15) is 13.6 Å². The third kappa shape index (κ3) is 1.46. The van der Waals surface area contributed by atoms with E-state index in [0.717, 1.165) is 7.11 Å². The quantitative estimate of drug-likeness (QED) is 0.709. The van der Waals surface area contributed by atoms with E-state index in [1.165, 1.54) is 0 Å². The number of carboxylic acid groups (broad SMARTS) is 1. The molecule has 14 heavy (non-hydrogen) atoms. The summed E-state index contributed by atoms with van der Waals surface area (Å²) in [6, 6.07) is 0.692. The molecule has 0 amide bonds. The van der Waals surface area contributed by atoms with Crippen molar-refractivity contribution in [2.45, 2.75) is 0 Å². The molecule has 1 aromatic carbocycles. The number of carboxylic acids is 1. The average molecular weight is 203 g/mol. The van der Waals surface area contributed by atoms with Crippen molar-refractivity contribution >= 4 is 11.7 Å². The minimum absolute atomic E-state index is 0.492. The van der Waals surface area contributed by atoms with E-state index in [2.05, 4.69) is 4.74 Å². The van der Waals surface area contributed by atoms with E-state index in [0.29, 0.717) is 6.07 Å². The molecule has 3 N–H and O–H groups in total. The van der Waals surface area contributed by atoms with Crippen LogP contribution in [0.15, 0.2) is 6.07 Å². The first-order chi connectivity index (χ1) is 6.49. The lowest BCUT2D eigenvalue weighted by Crippen LogP contribution is -2.09. The molecule has 1 rings (SSSR count). The Morgan fingerprint density at radius 3 is 2.57 bits per heavy atom. The molecule has 0 saturated heterocycles. The number of carbonyl (C=O) groups is 1. The predicted molar refractivity (Wildman–Crippen MR) is 44.3 cm³/mol. The van der Waals surface area contributed by atoms with Gasteiger partial charge < -0.3 is 15.6 Å². The Morgan fingerprint density at radius 1 is 1.57 bits per heavy atom. The smallest absolute Gasteiger partial charge is 0.341 e. The molecule has 6 heteroatoms. The van der Waals surface area contributed by atoms with Crippen molar-refractivity contribution < 1.29 is 23.4 Å². The molecule has 0 fully saturated rings. The SMILES string of the molecule is COc1cc(F)c(N)c(C(=O)O)c1F. The monoisotopic (exact) mass is 203 g/mol. The first-order valence-electron chi connectivity index (χ1n) is 3.53. The molecule has 0 aromatic heterocycles. The molecule has 0 aliphatic carbocycles. The van der Waals surface area contributed by atoms with Gasteiger partial charge in [-0.15, -0.1) is 0 Å². The minimum atomic E-state index is -1.64. The fourth-order valence-corrected chi connectivity index (χ4v) is 0.975. The number of nitrogen functional groups attached to an aromatic ring is 1. The Bertz CT molecular complexity index is 393. The van der Waals surface area contributed by atoms with Gasteiger partial charge in [-0.3, -0.25) is 0 Å². The van der Waals surface area contributed by atoms with Crippen LogP contribution in [0.4, 0.5) is 14.5 Å². The Hall–Kier alpha value is -1.85. The molecule has 0 unspecified atom stereocenters. The minimum Gasteiger partial charge on any atom is -0.494 e. The Morgan fingerprint density at radius 2 is 2.14 bits per heavy atom. The zero-order valence-electron chi connectivity index (χ0n) is 7.17. The number of rotatable bonds is 2. The highest BCUT2D eigenvalue weighted by molar-refractivity contribution is 5.94. The van der Waals surface area contributed by atoms with Crippen LogP contribution >= 0.6 is 0 Å². The van der Waals surface area contributed by atoms with Crippen LogP contribution in [-0.2, 0) is 0 Å². The summed E-state index contributed by atoms with van der Waals surface area (Å²) in [6.45, 7) is 0. The van der Waals surface area contributed by atoms with E-state index < -0.39 is 34.6 Å².